The van der Waals surface area contributed by atoms with E-state index in [-0.39, 0.29) is 11.7 Å². The summed E-state index contributed by atoms with van der Waals surface area (Å²) < 4.78 is 20.0. The number of rotatable bonds is 7. The average Bonchev–Trinajstić information content (AvgIpc) is 3.27. The second kappa shape index (κ2) is 9.26. The van der Waals surface area contributed by atoms with Crippen molar-refractivity contribution in [3.8, 4) is 22.7 Å². The van der Waals surface area contributed by atoms with Crippen molar-refractivity contribution in [1.29, 1.82) is 0 Å². The van der Waals surface area contributed by atoms with Crippen LogP contribution in [0.3, 0.4) is 0 Å². The summed E-state index contributed by atoms with van der Waals surface area (Å²) in [6.07, 6.45) is 2.35. The first-order valence-corrected chi connectivity index (χ1v) is 9.96. The molecule has 0 aliphatic heterocycles. The third-order valence-corrected chi connectivity index (χ3v) is 4.96. The van der Waals surface area contributed by atoms with Crippen LogP contribution in [0.4, 0.5) is 4.39 Å². The van der Waals surface area contributed by atoms with E-state index in [0.717, 1.165) is 22.6 Å². The molecule has 0 spiro atoms. The van der Waals surface area contributed by atoms with Gasteiger partial charge in [-0.25, -0.2) is 9.07 Å². The minimum atomic E-state index is -0.273. The highest BCUT2D eigenvalue weighted by molar-refractivity contribution is 6.00. The van der Waals surface area contributed by atoms with Gasteiger partial charge in [0.15, 0.2) is 0 Å². The van der Waals surface area contributed by atoms with Crippen molar-refractivity contribution in [2.75, 3.05) is 13.7 Å². The molecule has 1 amide bonds. The van der Waals surface area contributed by atoms with Gasteiger partial charge in [-0.05, 0) is 60.5 Å². The Balaban J connectivity index is 1.58. The van der Waals surface area contributed by atoms with E-state index in [1.165, 1.54) is 12.1 Å². The fourth-order valence-electron chi connectivity index (χ4n) is 3.28. The molecule has 1 aromatic heterocycles. The molecule has 0 aliphatic carbocycles. The normalized spacial score (nSPS) is 10.6. The number of carbonyl (C=O) groups excluding carboxylic acids is 1. The highest BCUT2D eigenvalue weighted by Gasteiger charge is 2.18. The lowest BCUT2D eigenvalue weighted by molar-refractivity contribution is 0.0954. The number of methoxy groups -OCH3 is 1. The lowest BCUT2D eigenvalue weighted by Gasteiger charge is -2.06. The van der Waals surface area contributed by atoms with Gasteiger partial charge in [-0.15, -0.1) is 0 Å². The van der Waals surface area contributed by atoms with Crippen LogP contribution in [0.15, 0.2) is 85.1 Å². The maximum absolute atomic E-state index is 13.1. The van der Waals surface area contributed by atoms with Crippen LogP contribution in [-0.4, -0.2) is 29.3 Å². The van der Waals surface area contributed by atoms with Gasteiger partial charge in [0, 0.05) is 18.3 Å². The van der Waals surface area contributed by atoms with Crippen molar-refractivity contribution in [1.82, 2.24) is 15.1 Å². The average molecular weight is 415 g/mol. The summed E-state index contributed by atoms with van der Waals surface area (Å²) in [5.41, 5.74) is 3.71. The zero-order valence-corrected chi connectivity index (χ0v) is 17.1. The number of amides is 1. The van der Waals surface area contributed by atoms with Gasteiger partial charge in [0.1, 0.15) is 17.3 Å². The van der Waals surface area contributed by atoms with Crippen LogP contribution < -0.4 is 10.1 Å². The van der Waals surface area contributed by atoms with E-state index in [2.05, 4.69) is 10.4 Å². The number of para-hydroxylation sites is 1. The first-order valence-electron chi connectivity index (χ1n) is 9.96. The summed E-state index contributed by atoms with van der Waals surface area (Å²) in [5.74, 6) is 0.247. The minimum Gasteiger partial charge on any atom is -0.497 e. The summed E-state index contributed by atoms with van der Waals surface area (Å²) in [6.45, 7) is 0.434. The summed E-state index contributed by atoms with van der Waals surface area (Å²) in [6, 6.07) is 23.4. The number of nitrogens with zero attached hydrogens (tertiary/aromatic N) is 2. The van der Waals surface area contributed by atoms with Crippen molar-refractivity contribution >= 4 is 5.91 Å². The highest BCUT2D eigenvalue weighted by atomic mass is 19.1. The Morgan fingerprint density at radius 1 is 1.00 bits per heavy atom. The number of hydrogen-bond donors (Lipinski definition) is 1. The SMILES string of the molecule is COc1ccc(-c2nn(-c3ccccc3)cc2C(=O)NCCc2ccc(F)cc2)cc1. The predicted octanol–water partition coefficient (Wildman–Crippen LogP) is 4.66. The molecule has 1 heterocycles. The standard InChI is InChI=1S/C25H22FN3O2/c1-31-22-13-9-19(10-14-22)24-23(17-29(28-24)21-5-3-2-4-6-21)25(30)27-16-15-18-7-11-20(26)12-8-18/h2-14,17H,15-16H2,1H3,(H,27,30). The molecular weight excluding hydrogens is 393 g/mol. The van der Waals surface area contributed by atoms with Gasteiger partial charge in [-0.2, -0.15) is 5.10 Å². The maximum atomic E-state index is 13.1. The van der Waals surface area contributed by atoms with Gasteiger partial charge >= 0.3 is 0 Å². The third-order valence-electron chi connectivity index (χ3n) is 4.96. The molecule has 5 nitrogen and oxygen atoms in total. The molecule has 0 radical (unpaired) electrons. The van der Waals surface area contributed by atoms with E-state index in [4.69, 9.17) is 4.74 Å². The van der Waals surface area contributed by atoms with Crippen LogP contribution in [0, 0.1) is 5.82 Å². The molecule has 0 aliphatic rings. The van der Waals surface area contributed by atoms with E-state index < -0.39 is 0 Å². The van der Waals surface area contributed by atoms with Gasteiger partial charge in [0.25, 0.3) is 5.91 Å². The Morgan fingerprint density at radius 2 is 1.71 bits per heavy atom. The summed E-state index contributed by atoms with van der Waals surface area (Å²) in [4.78, 5) is 13.0. The lowest BCUT2D eigenvalue weighted by Crippen LogP contribution is -2.25. The Kier molecular flexibility index (Phi) is 6.08. The molecule has 4 rings (SSSR count). The van der Waals surface area contributed by atoms with Crippen molar-refractivity contribution < 1.29 is 13.9 Å². The smallest absolute Gasteiger partial charge is 0.255 e. The number of halogens is 1. The van der Waals surface area contributed by atoms with E-state index in [9.17, 15) is 9.18 Å². The predicted molar refractivity (Wildman–Crippen MR) is 118 cm³/mol. The highest BCUT2D eigenvalue weighted by Crippen LogP contribution is 2.26. The number of hydrogen-bond acceptors (Lipinski definition) is 3. The Bertz CT molecular complexity index is 1150. The van der Waals surface area contributed by atoms with Gasteiger partial charge in [0.05, 0.1) is 18.4 Å². The molecule has 1 N–H and O–H groups in total. The fraction of sp³-hybridized carbons (Fsp3) is 0.120. The van der Waals surface area contributed by atoms with Crippen LogP contribution >= 0.6 is 0 Å². The topological polar surface area (TPSA) is 56.2 Å². The van der Waals surface area contributed by atoms with Crippen LogP contribution in [0.1, 0.15) is 15.9 Å². The van der Waals surface area contributed by atoms with Crippen molar-refractivity contribution in [2.45, 2.75) is 6.42 Å². The van der Waals surface area contributed by atoms with Crippen LogP contribution in [-0.2, 0) is 6.42 Å². The van der Waals surface area contributed by atoms with E-state index in [1.54, 1.807) is 30.1 Å². The van der Waals surface area contributed by atoms with Crippen molar-refractivity contribution in [3.63, 3.8) is 0 Å². The van der Waals surface area contributed by atoms with Crippen molar-refractivity contribution in [2.24, 2.45) is 0 Å². The van der Waals surface area contributed by atoms with E-state index in [0.29, 0.717) is 24.2 Å². The second-order valence-electron chi connectivity index (χ2n) is 7.03. The molecule has 3 aromatic carbocycles. The molecule has 31 heavy (non-hydrogen) atoms. The number of benzene rings is 3. The largest absolute Gasteiger partial charge is 0.497 e. The summed E-state index contributed by atoms with van der Waals surface area (Å²) >= 11 is 0. The van der Waals surface area contributed by atoms with E-state index in [1.807, 2.05) is 54.6 Å². The van der Waals surface area contributed by atoms with Crippen LogP contribution in [0.5, 0.6) is 5.75 Å². The number of aromatic nitrogens is 2. The second-order valence-corrected chi connectivity index (χ2v) is 7.03. The molecule has 0 bridgehead atoms. The lowest BCUT2D eigenvalue weighted by atomic mass is 10.1. The van der Waals surface area contributed by atoms with Crippen LogP contribution in [0.2, 0.25) is 0 Å². The van der Waals surface area contributed by atoms with Crippen molar-refractivity contribution in [3.05, 3.63) is 102 Å². The first kappa shape index (κ1) is 20.3. The van der Waals surface area contributed by atoms with Crippen LogP contribution in [0.25, 0.3) is 16.9 Å². The van der Waals surface area contributed by atoms with Gasteiger partial charge in [0.2, 0.25) is 0 Å². The maximum Gasteiger partial charge on any atom is 0.255 e. The zero-order valence-electron chi connectivity index (χ0n) is 17.1. The Hall–Kier alpha value is -3.93. The molecule has 4 aromatic rings. The fourth-order valence-corrected chi connectivity index (χ4v) is 3.28. The zero-order chi connectivity index (χ0) is 21.6. The first-order chi connectivity index (χ1) is 15.1. The minimum absolute atomic E-state index is 0.213. The third kappa shape index (κ3) is 4.80. The number of carbonyl (C=O) groups is 1. The molecular formula is C25H22FN3O2. The molecule has 0 unspecified atom stereocenters. The molecule has 6 heteroatoms. The van der Waals surface area contributed by atoms with Gasteiger partial charge in [-0.1, -0.05) is 30.3 Å². The summed E-state index contributed by atoms with van der Waals surface area (Å²) in [5, 5.41) is 7.63. The number of ether oxygens (including phenoxy) is 1. The molecule has 0 atom stereocenters. The molecule has 0 fully saturated rings. The molecule has 156 valence electrons. The Labute approximate surface area is 180 Å². The quantitative estimate of drug-likeness (QED) is 0.478. The molecule has 0 saturated heterocycles. The Morgan fingerprint density at radius 3 is 2.39 bits per heavy atom. The monoisotopic (exact) mass is 415 g/mol. The number of nitrogens with one attached hydrogen (secondary N) is 1. The van der Waals surface area contributed by atoms with E-state index >= 15 is 0 Å². The van der Waals surface area contributed by atoms with Gasteiger partial charge in [-0.3, -0.25) is 4.79 Å². The molecule has 0 saturated carbocycles. The van der Waals surface area contributed by atoms with Gasteiger partial charge < -0.3 is 10.1 Å². The summed E-state index contributed by atoms with van der Waals surface area (Å²) in [7, 11) is 1.61.